The van der Waals surface area contributed by atoms with Crippen molar-refractivity contribution in [2.45, 2.75) is 25.4 Å². The third-order valence-electron chi connectivity index (χ3n) is 5.40. The Bertz CT molecular complexity index is 929. The van der Waals surface area contributed by atoms with Crippen LogP contribution in [0.5, 0.6) is 11.5 Å². The summed E-state index contributed by atoms with van der Waals surface area (Å²) in [5.74, 6) is 1.07. The van der Waals surface area contributed by atoms with E-state index >= 15 is 0 Å². The molecule has 0 N–H and O–H groups in total. The molecule has 0 spiro atoms. The molecule has 0 saturated carbocycles. The van der Waals surface area contributed by atoms with Gasteiger partial charge in [0.25, 0.3) is 5.91 Å². The molecule has 1 saturated heterocycles. The van der Waals surface area contributed by atoms with Gasteiger partial charge in [-0.3, -0.25) is 14.5 Å². The number of ether oxygens (including phenoxy) is 2. The second kappa shape index (κ2) is 7.56. The van der Waals surface area contributed by atoms with Gasteiger partial charge in [0.2, 0.25) is 5.91 Å². The normalized spacial score (nSPS) is 19.7. The number of benzene rings is 2. The molecule has 2 aromatic rings. The molecule has 4 rings (SSSR count). The first-order valence-corrected chi connectivity index (χ1v) is 9.91. The lowest BCUT2D eigenvalue weighted by Crippen LogP contribution is -2.44. The number of amides is 2. The van der Waals surface area contributed by atoms with Crippen LogP contribution in [0.25, 0.3) is 0 Å². The zero-order chi connectivity index (χ0) is 19.8. The zero-order valence-electron chi connectivity index (χ0n) is 15.8. The number of rotatable bonds is 4. The molecule has 0 aliphatic carbocycles. The standard InChI is InChI=1S/C21H21BrN2O4/c1-27-18-9-13-7-8-23(12-14(13)10-19(18)28-2)17-11-20(25)24(21(17)26)16-5-3-15(22)4-6-16/h3-6,9-10,17H,7-8,11-12H2,1-2H3/t17-/m0/s1. The van der Waals surface area contributed by atoms with Crippen LogP contribution in [-0.4, -0.2) is 43.5 Å². The maximum atomic E-state index is 13.0. The van der Waals surface area contributed by atoms with E-state index in [4.69, 9.17) is 9.47 Å². The first-order valence-electron chi connectivity index (χ1n) is 9.12. The second-order valence-corrected chi connectivity index (χ2v) is 7.88. The Morgan fingerprint density at radius 3 is 2.29 bits per heavy atom. The van der Waals surface area contributed by atoms with E-state index in [2.05, 4.69) is 20.8 Å². The van der Waals surface area contributed by atoms with Crippen LogP contribution in [0.15, 0.2) is 40.9 Å². The van der Waals surface area contributed by atoms with Crippen molar-refractivity contribution < 1.29 is 19.1 Å². The number of halogens is 1. The maximum absolute atomic E-state index is 13.0. The van der Waals surface area contributed by atoms with Crippen molar-refractivity contribution in [3.8, 4) is 11.5 Å². The fourth-order valence-corrected chi connectivity index (χ4v) is 4.20. The van der Waals surface area contributed by atoms with Gasteiger partial charge >= 0.3 is 0 Å². The Balaban J connectivity index is 1.57. The first kappa shape index (κ1) is 19.0. The minimum Gasteiger partial charge on any atom is -0.493 e. The van der Waals surface area contributed by atoms with Gasteiger partial charge in [0.05, 0.1) is 32.4 Å². The molecule has 2 aromatic carbocycles. The van der Waals surface area contributed by atoms with Crippen LogP contribution in [0, 0.1) is 0 Å². The van der Waals surface area contributed by atoms with E-state index in [1.165, 1.54) is 10.5 Å². The van der Waals surface area contributed by atoms with Gasteiger partial charge in [-0.1, -0.05) is 15.9 Å². The van der Waals surface area contributed by atoms with E-state index in [0.29, 0.717) is 23.7 Å². The van der Waals surface area contributed by atoms with Gasteiger partial charge in [0.1, 0.15) is 0 Å². The minimum absolute atomic E-state index is 0.156. The summed E-state index contributed by atoms with van der Waals surface area (Å²) in [4.78, 5) is 29.0. The Morgan fingerprint density at radius 2 is 1.64 bits per heavy atom. The smallest absolute Gasteiger partial charge is 0.251 e. The molecular weight excluding hydrogens is 424 g/mol. The van der Waals surface area contributed by atoms with Gasteiger partial charge in [-0.2, -0.15) is 0 Å². The number of fused-ring (bicyclic) bond motifs is 1. The quantitative estimate of drug-likeness (QED) is 0.677. The van der Waals surface area contributed by atoms with Crippen LogP contribution in [0.4, 0.5) is 5.69 Å². The molecule has 2 aliphatic rings. The number of carbonyl (C=O) groups is 2. The number of hydrogen-bond acceptors (Lipinski definition) is 5. The van der Waals surface area contributed by atoms with Crippen molar-refractivity contribution in [3.63, 3.8) is 0 Å². The molecule has 1 atom stereocenters. The molecule has 2 aliphatic heterocycles. The third kappa shape index (κ3) is 3.29. The van der Waals surface area contributed by atoms with Crippen molar-refractivity contribution in [2.75, 3.05) is 25.7 Å². The number of anilines is 1. The van der Waals surface area contributed by atoms with E-state index in [-0.39, 0.29) is 18.2 Å². The van der Waals surface area contributed by atoms with Crippen molar-refractivity contribution in [1.82, 2.24) is 4.90 Å². The van der Waals surface area contributed by atoms with Gasteiger partial charge < -0.3 is 9.47 Å². The molecule has 0 radical (unpaired) electrons. The molecule has 146 valence electrons. The van der Waals surface area contributed by atoms with Crippen LogP contribution in [0.3, 0.4) is 0 Å². The van der Waals surface area contributed by atoms with Crippen molar-refractivity contribution in [2.24, 2.45) is 0 Å². The monoisotopic (exact) mass is 444 g/mol. The Labute approximate surface area is 172 Å². The van der Waals surface area contributed by atoms with Crippen LogP contribution in [0.1, 0.15) is 17.5 Å². The highest BCUT2D eigenvalue weighted by Crippen LogP contribution is 2.35. The predicted octanol–water partition coefficient (Wildman–Crippen LogP) is 3.16. The summed E-state index contributed by atoms with van der Waals surface area (Å²) in [6.45, 7) is 1.33. The average Bonchev–Trinajstić information content (AvgIpc) is 3.01. The second-order valence-electron chi connectivity index (χ2n) is 6.96. The average molecular weight is 445 g/mol. The number of methoxy groups -OCH3 is 2. The molecule has 0 unspecified atom stereocenters. The number of hydrogen-bond donors (Lipinski definition) is 0. The lowest BCUT2D eigenvalue weighted by molar-refractivity contribution is -0.123. The van der Waals surface area contributed by atoms with Gasteiger partial charge in [-0.05, 0) is 53.9 Å². The maximum Gasteiger partial charge on any atom is 0.251 e. The van der Waals surface area contributed by atoms with E-state index in [1.54, 1.807) is 26.4 Å². The van der Waals surface area contributed by atoms with Crippen molar-refractivity contribution in [3.05, 3.63) is 52.0 Å². The Morgan fingerprint density at radius 1 is 1.00 bits per heavy atom. The molecule has 1 fully saturated rings. The molecule has 2 amide bonds. The van der Waals surface area contributed by atoms with E-state index in [9.17, 15) is 9.59 Å². The summed E-state index contributed by atoms with van der Waals surface area (Å²) in [6.07, 6.45) is 1.00. The largest absolute Gasteiger partial charge is 0.493 e. The number of nitrogens with zero attached hydrogens (tertiary/aromatic N) is 2. The molecule has 28 heavy (non-hydrogen) atoms. The summed E-state index contributed by atoms with van der Waals surface area (Å²) in [7, 11) is 3.24. The fraction of sp³-hybridized carbons (Fsp3) is 0.333. The Kier molecular flexibility index (Phi) is 5.12. The number of carbonyl (C=O) groups excluding carboxylic acids is 2. The van der Waals surface area contributed by atoms with E-state index < -0.39 is 6.04 Å². The summed E-state index contributed by atoms with van der Waals surface area (Å²) >= 11 is 3.38. The fourth-order valence-electron chi connectivity index (χ4n) is 3.93. The molecule has 6 nitrogen and oxygen atoms in total. The predicted molar refractivity (Wildman–Crippen MR) is 109 cm³/mol. The molecule has 2 heterocycles. The van der Waals surface area contributed by atoms with Crippen LogP contribution in [-0.2, 0) is 22.6 Å². The van der Waals surface area contributed by atoms with Gasteiger partial charge in [-0.15, -0.1) is 0 Å². The first-order chi connectivity index (χ1) is 13.5. The third-order valence-corrected chi connectivity index (χ3v) is 5.92. The lowest BCUT2D eigenvalue weighted by Gasteiger charge is -2.32. The number of imide groups is 1. The molecule has 7 heteroatoms. The molecule has 0 aromatic heterocycles. The van der Waals surface area contributed by atoms with Crippen LogP contribution < -0.4 is 14.4 Å². The van der Waals surface area contributed by atoms with E-state index in [1.807, 2.05) is 24.3 Å². The molecular formula is C21H21BrN2O4. The van der Waals surface area contributed by atoms with Gasteiger partial charge in [0, 0.05) is 17.6 Å². The summed E-state index contributed by atoms with van der Waals surface area (Å²) in [5, 5.41) is 0. The SMILES string of the molecule is COc1cc2c(cc1OC)CN([C@H]1CC(=O)N(c3ccc(Br)cc3)C1=O)CC2. The highest BCUT2D eigenvalue weighted by molar-refractivity contribution is 9.10. The lowest BCUT2D eigenvalue weighted by atomic mass is 9.97. The van der Waals surface area contributed by atoms with Crippen molar-refractivity contribution in [1.29, 1.82) is 0 Å². The van der Waals surface area contributed by atoms with Crippen LogP contribution in [0.2, 0.25) is 0 Å². The molecule has 0 bridgehead atoms. The van der Waals surface area contributed by atoms with Gasteiger partial charge in [0.15, 0.2) is 11.5 Å². The van der Waals surface area contributed by atoms with Crippen LogP contribution >= 0.6 is 15.9 Å². The summed E-state index contributed by atoms with van der Waals surface area (Å²) in [6, 6.07) is 10.8. The zero-order valence-corrected chi connectivity index (χ0v) is 17.4. The summed E-state index contributed by atoms with van der Waals surface area (Å²) < 4.78 is 11.7. The Hall–Kier alpha value is -2.38. The van der Waals surface area contributed by atoms with Crippen molar-refractivity contribution >= 4 is 33.4 Å². The van der Waals surface area contributed by atoms with Gasteiger partial charge in [-0.25, -0.2) is 4.90 Å². The topological polar surface area (TPSA) is 59.1 Å². The van der Waals surface area contributed by atoms with E-state index in [0.717, 1.165) is 23.0 Å². The highest BCUT2D eigenvalue weighted by atomic mass is 79.9. The minimum atomic E-state index is -0.433. The highest BCUT2D eigenvalue weighted by Gasteiger charge is 2.43. The summed E-state index contributed by atoms with van der Waals surface area (Å²) in [5.41, 5.74) is 2.91.